The zero-order chi connectivity index (χ0) is 18.9. The van der Waals surface area contributed by atoms with Crippen LogP contribution in [0.15, 0.2) is 77.7 Å². The molecule has 3 aromatic carbocycles. The van der Waals surface area contributed by atoms with Gasteiger partial charge < -0.3 is 0 Å². The minimum Gasteiger partial charge on any atom is -0.241 e. The van der Waals surface area contributed by atoms with Gasteiger partial charge in [0.05, 0.1) is 10.6 Å². The molecule has 0 atom stereocenters. The first-order valence-corrected chi connectivity index (χ1v) is 10.8. The Balaban J connectivity index is 1.56. The van der Waals surface area contributed by atoms with Crippen molar-refractivity contribution in [3.8, 4) is 10.6 Å². The van der Waals surface area contributed by atoms with Crippen LogP contribution in [0, 0.1) is 6.92 Å². The summed E-state index contributed by atoms with van der Waals surface area (Å²) >= 11 is 1.51. The van der Waals surface area contributed by atoms with E-state index in [1.165, 1.54) is 11.3 Å². The maximum Gasteiger partial charge on any atom is 0.240 e. The van der Waals surface area contributed by atoms with Crippen molar-refractivity contribution >= 4 is 32.1 Å². The number of thiazole rings is 1. The average Bonchev–Trinajstić information content (AvgIpc) is 3.07. The van der Waals surface area contributed by atoms with E-state index in [1.807, 2.05) is 67.6 Å². The third-order valence-corrected chi connectivity index (χ3v) is 6.97. The zero-order valence-corrected chi connectivity index (χ0v) is 16.3. The van der Waals surface area contributed by atoms with Gasteiger partial charge in [-0.2, -0.15) is 0 Å². The van der Waals surface area contributed by atoms with Gasteiger partial charge in [-0.1, -0.05) is 60.7 Å². The van der Waals surface area contributed by atoms with Gasteiger partial charge in [-0.25, -0.2) is 18.1 Å². The number of aromatic nitrogens is 1. The van der Waals surface area contributed by atoms with Crippen LogP contribution in [0.5, 0.6) is 0 Å². The molecule has 0 fully saturated rings. The molecule has 0 saturated carbocycles. The molecule has 136 valence electrons. The second-order valence-electron chi connectivity index (χ2n) is 6.23. The highest BCUT2D eigenvalue weighted by Gasteiger charge is 2.16. The molecule has 6 heteroatoms. The van der Waals surface area contributed by atoms with Gasteiger partial charge in [-0.15, -0.1) is 11.3 Å². The summed E-state index contributed by atoms with van der Waals surface area (Å²) in [5.74, 6) is 0. The van der Waals surface area contributed by atoms with E-state index in [1.54, 1.807) is 12.1 Å². The number of aryl methyl sites for hydroxylation is 1. The van der Waals surface area contributed by atoms with E-state index >= 15 is 0 Å². The SMILES string of the molecule is Cc1nc(-c2ccccc2)sc1CNS(=O)(=O)c1ccc2ccccc2c1. The molecule has 0 aliphatic heterocycles. The summed E-state index contributed by atoms with van der Waals surface area (Å²) in [6.45, 7) is 2.13. The summed E-state index contributed by atoms with van der Waals surface area (Å²) in [7, 11) is -3.59. The van der Waals surface area contributed by atoms with Crippen molar-refractivity contribution in [3.63, 3.8) is 0 Å². The molecule has 27 heavy (non-hydrogen) atoms. The van der Waals surface area contributed by atoms with Crippen molar-refractivity contribution in [1.29, 1.82) is 0 Å². The number of hydrogen-bond donors (Lipinski definition) is 1. The van der Waals surface area contributed by atoms with Crippen LogP contribution in [-0.2, 0) is 16.6 Å². The van der Waals surface area contributed by atoms with Gasteiger partial charge in [0.15, 0.2) is 0 Å². The standard InChI is InChI=1S/C21H18N2O2S2/c1-15-20(26-21(23-15)17-8-3-2-4-9-17)14-22-27(24,25)19-12-11-16-7-5-6-10-18(16)13-19/h2-13,22H,14H2,1H3. The molecule has 0 bridgehead atoms. The predicted octanol–water partition coefficient (Wildman–Crippen LogP) is 4.75. The van der Waals surface area contributed by atoms with Crippen molar-refractivity contribution in [3.05, 3.63) is 83.4 Å². The Morgan fingerprint density at radius 1 is 0.926 bits per heavy atom. The van der Waals surface area contributed by atoms with Crippen LogP contribution >= 0.6 is 11.3 Å². The molecule has 4 nitrogen and oxygen atoms in total. The summed E-state index contributed by atoms with van der Waals surface area (Å²) < 4.78 is 28.1. The van der Waals surface area contributed by atoms with Gasteiger partial charge in [0.1, 0.15) is 5.01 Å². The van der Waals surface area contributed by atoms with E-state index in [-0.39, 0.29) is 11.4 Å². The molecule has 0 aliphatic rings. The van der Waals surface area contributed by atoms with Crippen LogP contribution in [0.4, 0.5) is 0 Å². The van der Waals surface area contributed by atoms with Crippen LogP contribution in [0.3, 0.4) is 0 Å². The smallest absolute Gasteiger partial charge is 0.240 e. The van der Waals surface area contributed by atoms with Gasteiger partial charge in [0.25, 0.3) is 0 Å². The van der Waals surface area contributed by atoms with Crippen LogP contribution in [-0.4, -0.2) is 13.4 Å². The van der Waals surface area contributed by atoms with Crippen LogP contribution in [0.1, 0.15) is 10.6 Å². The Morgan fingerprint density at radius 2 is 1.63 bits per heavy atom. The number of sulfonamides is 1. The Kier molecular flexibility index (Phi) is 4.78. The summed E-state index contributed by atoms with van der Waals surface area (Å²) in [5.41, 5.74) is 1.88. The summed E-state index contributed by atoms with van der Waals surface area (Å²) in [6, 6.07) is 22.8. The fourth-order valence-corrected chi connectivity index (χ4v) is 5.00. The second kappa shape index (κ2) is 7.23. The first-order valence-electron chi connectivity index (χ1n) is 8.53. The number of rotatable bonds is 5. The topological polar surface area (TPSA) is 59.1 Å². The van der Waals surface area contributed by atoms with Crippen molar-refractivity contribution in [2.45, 2.75) is 18.4 Å². The van der Waals surface area contributed by atoms with Crippen molar-refractivity contribution in [1.82, 2.24) is 9.71 Å². The van der Waals surface area contributed by atoms with E-state index in [2.05, 4.69) is 9.71 Å². The molecule has 0 saturated heterocycles. The molecule has 4 rings (SSSR count). The summed E-state index contributed by atoms with van der Waals surface area (Å²) in [6.07, 6.45) is 0. The Morgan fingerprint density at radius 3 is 2.41 bits per heavy atom. The van der Waals surface area contributed by atoms with Gasteiger partial charge in [0, 0.05) is 17.0 Å². The second-order valence-corrected chi connectivity index (χ2v) is 9.08. The lowest BCUT2D eigenvalue weighted by Crippen LogP contribution is -2.23. The molecular weight excluding hydrogens is 376 g/mol. The average molecular weight is 395 g/mol. The number of nitrogens with one attached hydrogen (secondary N) is 1. The lowest BCUT2D eigenvalue weighted by Gasteiger charge is -2.07. The predicted molar refractivity (Wildman–Crippen MR) is 110 cm³/mol. The van der Waals surface area contributed by atoms with Gasteiger partial charge in [-0.05, 0) is 29.8 Å². The lowest BCUT2D eigenvalue weighted by molar-refractivity contribution is 0.582. The summed E-state index contributed by atoms with van der Waals surface area (Å²) in [4.78, 5) is 5.76. The zero-order valence-electron chi connectivity index (χ0n) is 14.7. The third-order valence-electron chi connectivity index (χ3n) is 4.37. The summed E-state index contributed by atoms with van der Waals surface area (Å²) in [5, 5.41) is 2.82. The van der Waals surface area contributed by atoms with Crippen molar-refractivity contribution in [2.75, 3.05) is 0 Å². The van der Waals surface area contributed by atoms with Gasteiger partial charge in [-0.3, -0.25) is 0 Å². The first-order chi connectivity index (χ1) is 13.0. The Bertz CT molecular complexity index is 1200. The minimum atomic E-state index is -3.59. The molecule has 0 radical (unpaired) electrons. The monoisotopic (exact) mass is 394 g/mol. The number of hydrogen-bond acceptors (Lipinski definition) is 4. The molecule has 0 unspecified atom stereocenters. The highest BCUT2D eigenvalue weighted by molar-refractivity contribution is 7.89. The van der Waals surface area contributed by atoms with E-state index in [0.29, 0.717) is 0 Å². The largest absolute Gasteiger partial charge is 0.241 e. The first kappa shape index (κ1) is 17.9. The van der Waals surface area contributed by atoms with E-state index in [4.69, 9.17) is 0 Å². The Hall–Kier alpha value is -2.54. The van der Waals surface area contributed by atoms with Crippen LogP contribution < -0.4 is 4.72 Å². The number of nitrogens with zero attached hydrogens (tertiary/aromatic N) is 1. The highest BCUT2D eigenvalue weighted by Crippen LogP contribution is 2.28. The maximum atomic E-state index is 12.7. The maximum absolute atomic E-state index is 12.7. The number of benzene rings is 3. The normalized spacial score (nSPS) is 11.7. The minimum absolute atomic E-state index is 0.228. The Labute approximate surface area is 162 Å². The van der Waals surface area contributed by atoms with Crippen molar-refractivity contribution in [2.24, 2.45) is 0 Å². The molecule has 0 spiro atoms. The lowest BCUT2D eigenvalue weighted by atomic mass is 10.1. The van der Waals surface area contributed by atoms with Crippen LogP contribution in [0.25, 0.3) is 21.3 Å². The highest BCUT2D eigenvalue weighted by atomic mass is 32.2. The molecule has 0 aliphatic carbocycles. The molecule has 0 amide bonds. The van der Waals surface area contributed by atoms with E-state index in [9.17, 15) is 8.42 Å². The fourth-order valence-electron chi connectivity index (χ4n) is 2.87. The van der Waals surface area contributed by atoms with Crippen molar-refractivity contribution < 1.29 is 8.42 Å². The fraction of sp³-hybridized carbons (Fsp3) is 0.0952. The molecule has 1 aromatic heterocycles. The molecular formula is C21H18N2O2S2. The molecule has 4 aromatic rings. The number of fused-ring (bicyclic) bond motifs is 1. The third kappa shape index (κ3) is 3.78. The van der Waals surface area contributed by atoms with Gasteiger partial charge >= 0.3 is 0 Å². The van der Waals surface area contributed by atoms with E-state index in [0.717, 1.165) is 31.9 Å². The quantitative estimate of drug-likeness (QED) is 0.531. The molecule has 1 N–H and O–H groups in total. The van der Waals surface area contributed by atoms with Crippen LogP contribution in [0.2, 0.25) is 0 Å². The van der Waals surface area contributed by atoms with E-state index < -0.39 is 10.0 Å². The molecule has 1 heterocycles. The van der Waals surface area contributed by atoms with Gasteiger partial charge in [0.2, 0.25) is 10.0 Å².